The summed E-state index contributed by atoms with van der Waals surface area (Å²) in [7, 11) is 0. The van der Waals surface area contributed by atoms with Crippen LogP contribution in [0.2, 0.25) is 10.0 Å². The number of benzene rings is 1. The van der Waals surface area contributed by atoms with E-state index in [4.69, 9.17) is 23.2 Å². The van der Waals surface area contributed by atoms with E-state index in [2.05, 4.69) is 4.90 Å². The summed E-state index contributed by atoms with van der Waals surface area (Å²) in [4.78, 5) is 31.1. The first kappa shape index (κ1) is 19.5. The maximum absolute atomic E-state index is 12.7. The molecule has 0 bridgehead atoms. The molecule has 3 rings (SSSR count). The summed E-state index contributed by atoms with van der Waals surface area (Å²) in [5.41, 5.74) is 0.438. The number of carbonyl (C=O) groups is 2. The second-order valence-electron chi connectivity index (χ2n) is 6.96. The van der Waals surface area contributed by atoms with Crippen LogP contribution in [0.5, 0.6) is 0 Å². The standard InChI is InChI=1S/C19H25Cl2N3O2/c20-16-7-5-6-15(18(16)21)19(26)24-12-10-22(11-13-24)14-17(25)23-8-3-1-2-4-9-23/h5-7H,1-4,8-14H2. The number of nitrogens with zero attached hydrogens (tertiary/aromatic N) is 3. The van der Waals surface area contributed by atoms with Gasteiger partial charge in [0.05, 0.1) is 22.2 Å². The van der Waals surface area contributed by atoms with Gasteiger partial charge in [0.1, 0.15) is 0 Å². The van der Waals surface area contributed by atoms with Gasteiger partial charge in [0, 0.05) is 39.3 Å². The second-order valence-corrected chi connectivity index (χ2v) is 7.75. The zero-order chi connectivity index (χ0) is 18.5. The molecule has 0 saturated carbocycles. The number of hydrogen-bond donors (Lipinski definition) is 0. The molecule has 142 valence electrons. The molecule has 0 radical (unpaired) electrons. The van der Waals surface area contributed by atoms with Crippen LogP contribution in [0.4, 0.5) is 0 Å². The molecule has 0 atom stereocenters. The van der Waals surface area contributed by atoms with Crippen LogP contribution in [0.25, 0.3) is 0 Å². The summed E-state index contributed by atoms with van der Waals surface area (Å²) in [6.45, 7) is 4.78. The summed E-state index contributed by atoms with van der Waals surface area (Å²) in [5.74, 6) is 0.112. The van der Waals surface area contributed by atoms with Crippen molar-refractivity contribution in [1.29, 1.82) is 0 Å². The number of halogens is 2. The third kappa shape index (κ3) is 4.70. The fraction of sp³-hybridized carbons (Fsp3) is 0.579. The molecule has 0 aromatic heterocycles. The van der Waals surface area contributed by atoms with Crippen molar-refractivity contribution in [2.24, 2.45) is 0 Å². The minimum absolute atomic E-state index is 0.101. The van der Waals surface area contributed by atoms with Gasteiger partial charge in [-0.3, -0.25) is 14.5 Å². The van der Waals surface area contributed by atoms with Gasteiger partial charge in [-0.1, -0.05) is 42.1 Å². The molecule has 2 fully saturated rings. The van der Waals surface area contributed by atoms with Crippen molar-refractivity contribution in [3.05, 3.63) is 33.8 Å². The molecular weight excluding hydrogens is 373 g/mol. The number of hydrogen-bond acceptors (Lipinski definition) is 3. The van der Waals surface area contributed by atoms with Crippen LogP contribution < -0.4 is 0 Å². The molecule has 1 aromatic carbocycles. The van der Waals surface area contributed by atoms with Crippen molar-refractivity contribution in [3.8, 4) is 0 Å². The van der Waals surface area contributed by atoms with Gasteiger partial charge in [-0.2, -0.15) is 0 Å². The van der Waals surface area contributed by atoms with E-state index in [0.717, 1.165) is 25.9 Å². The van der Waals surface area contributed by atoms with Gasteiger partial charge in [0.25, 0.3) is 5.91 Å². The SMILES string of the molecule is O=C(CN1CCN(C(=O)c2cccc(Cl)c2Cl)CC1)N1CCCCCC1. The normalized spacial score (nSPS) is 19.3. The van der Waals surface area contributed by atoms with Crippen LogP contribution in [0.1, 0.15) is 36.0 Å². The highest BCUT2D eigenvalue weighted by Crippen LogP contribution is 2.26. The molecule has 0 unspecified atom stereocenters. The summed E-state index contributed by atoms with van der Waals surface area (Å²) in [6.07, 6.45) is 4.65. The Hall–Kier alpha value is -1.30. The molecular formula is C19H25Cl2N3O2. The van der Waals surface area contributed by atoms with Crippen molar-refractivity contribution in [2.45, 2.75) is 25.7 Å². The summed E-state index contributed by atoms with van der Waals surface area (Å²) < 4.78 is 0. The molecule has 1 aromatic rings. The van der Waals surface area contributed by atoms with Gasteiger partial charge in [-0.05, 0) is 25.0 Å². The Morgan fingerprint density at radius 1 is 0.846 bits per heavy atom. The second kappa shape index (κ2) is 9.07. The Balaban J connectivity index is 1.51. The van der Waals surface area contributed by atoms with Gasteiger partial charge in [-0.15, -0.1) is 0 Å². The van der Waals surface area contributed by atoms with E-state index >= 15 is 0 Å². The molecule has 2 aliphatic heterocycles. The Morgan fingerprint density at radius 2 is 1.50 bits per heavy atom. The van der Waals surface area contributed by atoms with Gasteiger partial charge in [0.2, 0.25) is 5.91 Å². The predicted octanol–water partition coefficient (Wildman–Crippen LogP) is 3.15. The number of carbonyl (C=O) groups excluding carboxylic acids is 2. The van der Waals surface area contributed by atoms with Crippen molar-refractivity contribution < 1.29 is 9.59 Å². The largest absolute Gasteiger partial charge is 0.342 e. The molecule has 0 aliphatic carbocycles. The lowest BCUT2D eigenvalue weighted by Crippen LogP contribution is -2.51. The van der Waals surface area contributed by atoms with Crippen LogP contribution in [0.15, 0.2) is 18.2 Å². The summed E-state index contributed by atoms with van der Waals surface area (Å²) in [5, 5.41) is 0.692. The average molecular weight is 398 g/mol. The van der Waals surface area contributed by atoms with Crippen LogP contribution in [0.3, 0.4) is 0 Å². The highest BCUT2D eigenvalue weighted by Gasteiger charge is 2.26. The Morgan fingerprint density at radius 3 is 2.15 bits per heavy atom. The lowest BCUT2D eigenvalue weighted by atomic mass is 10.1. The molecule has 2 amide bonds. The van der Waals surface area contributed by atoms with Gasteiger partial charge in [-0.25, -0.2) is 0 Å². The van der Waals surface area contributed by atoms with Crippen LogP contribution in [0, 0.1) is 0 Å². The van der Waals surface area contributed by atoms with Gasteiger partial charge >= 0.3 is 0 Å². The van der Waals surface area contributed by atoms with E-state index < -0.39 is 0 Å². The molecule has 2 heterocycles. The first-order valence-electron chi connectivity index (χ1n) is 9.29. The topological polar surface area (TPSA) is 43.9 Å². The zero-order valence-electron chi connectivity index (χ0n) is 14.9. The highest BCUT2D eigenvalue weighted by atomic mass is 35.5. The molecule has 26 heavy (non-hydrogen) atoms. The molecule has 0 N–H and O–H groups in total. The van der Waals surface area contributed by atoms with E-state index in [1.165, 1.54) is 12.8 Å². The maximum atomic E-state index is 12.7. The van der Waals surface area contributed by atoms with E-state index in [-0.39, 0.29) is 11.8 Å². The smallest absolute Gasteiger partial charge is 0.255 e. The van der Waals surface area contributed by atoms with Gasteiger partial charge < -0.3 is 9.80 Å². The fourth-order valence-corrected chi connectivity index (χ4v) is 3.94. The lowest BCUT2D eigenvalue weighted by molar-refractivity contribution is -0.132. The highest BCUT2D eigenvalue weighted by molar-refractivity contribution is 6.43. The van der Waals surface area contributed by atoms with Crippen molar-refractivity contribution >= 4 is 35.0 Å². The fourth-order valence-electron chi connectivity index (χ4n) is 3.56. The lowest BCUT2D eigenvalue weighted by Gasteiger charge is -2.35. The number of piperazine rings is 1. The molecule has 2 aliphatic rings. The zero-order valence-corrected chi connectivity index (χ0v) is 16.4. The van der Waals surface area contributed by atoms with Crippen LogP contribution in [-0.2, 0) is 4.79 Å². The molecule has 7 heteroatoms. The Kier molecular flexibility index (Phi) is 6.79. The molecule has 5 nitrogen and oxygen atoms in total. The summed E-state index contributed by atoms with van der Waals surface area (Å²) in [6, 6.07) is 5.11. The number of rotatable bonds is 3. The molecule has 0 spiro atoms. The minimum Gasteiger partial charge on any atom is -0.342 e. The van der Waals surface area contributed by atoms with Crippen molar-refractivity contribution in [2.75, 3.05) is 45.8 Å². The Bertz CT molecular complexity index is 652. The van der Waals surface area contributed by atoms with E-state index in [9.17, 15) is 9.59 Å². The Labute approximate surface area is 164 Å². The van der Waals surface area contributed by atoms with Crippen molar-refractivity contribution in [1.82, 2.24) is 14.7 Å². The third-order valence-electron chi connectivity index (χ3n) is 5.16. The third-order valence-corrected chi connectivity index (χ3v) is 5.98. The van der Waals surface area contributed by atoms with Crippen molar-refractivity contribution in [3.63, 3.8) is 0 Å². The first-order chi connectivity index (χ1) is 12.6. The number of likely N-dealkylation sites (tertiary alicyclic amines) is 1. The predicted molar refractivity (Wildman–Crippen MR) is 104 cm³/mol. The summed E-state index contributed by atoms with van der Waals surface area (Å²) >= 11 is 12.2. The molecule has 2 saturated heterocycles. The van der Waals surface area contributed by atoms with Crippen LogP contribution >= 0.6 is 23.2 Å². The first-order valence-corrected chi connectivity index (χ1v) is 10.1. The van der Waals surface area contributed by atoms with Crippen LogP contribution in [-0.4, -0.2) is 72.3 Å². The average Bonchev–Trinajstić information content (AvgIpc) is 2.94. The maximum Gasteiger partial charge on any atom is 0.255 e. The monoisotopic (exact) mass is 397 g/mol. The van der Waals surface area contributed by atoms with E-state index in [1.54, 1.807) is 23.1 Å². The van der Waals surface area contributed by atoms with E-state index in [0.29, 0.717) is 48.3 Å². The number of amides is 2. The van der Waals surface area contributed by atoms with Gasteiger partial charge in [0.15, 0.2) is 0 Å². The minimum atomic E-state index is -0.101. The quantitative estimate of drug-likeness (QED) is 0.786. The van der Waals surface area contributed by atoms with E-state index in [1.807, 2.05) is 4.90 Å².